The third-order valence-corrected chi connectivity index (χ3v) is 2.87. The quantitative estimate of drug-likeness (QED) is 0.649. The molecule has 0 aliphatic rings. The van der Waals surface area contributed by atoms with E-state index in [-0.39, 0.29) is 0 Å². The summed E-state index contributed by atoms with van der Waals surface area (Å²) < 4.78 is 11.2. The summed E-state index contributed by atoms with van der Waals surface area (Å²) in [6.07, 6.45) is 0. The number of hydrogen-bond acceptors (Lipinski definition) is 4. The Morgan fingerprint density at radius 3 is 2.35 bits per heavy atom. The number of nitrogen functional groups attached to an aromatic ring is 1. The van der Waals surface area contributed by atoms with Gasteiger partial charge in [0.15, 0.2) is 0 Å². The summed E-state index contributed by atoms with van der Waals surface area (Å²) >= 11 is 0. The lowest BCUT2D eigenvalue weighted by Gasteiger charge is -2.16. The molecule has 4 heteroatoms. The molecule has 0 aliphatic heterocycles. The normalized spacial score (nSPS) is 10.1. The summed E-state index contributed by atoms with van der Waals surface area (Å²) in [7, 11) is 3.96. The average Bonchev–Trinajstić information content (AvgIpc) is 2.46. The molecule has 0 saturated carbocycles. The van der Waals surface area contributed by atoms with Gasteiger partial charge in [0.05, 0.1) is 5.69 Å². The Hall–Kier alpha value is -2.36. The zero-order valence-electron chi connectivity index (χ0n) is 11.9. The minimum Gasteiger partial charge on any atom is -0.490 e. The molecule has 2 rings (SSSR count). The fourth-order valence-electron chi connectivity index (χ4n) is 1.75. The molecule has 20 heavy (non-hydrogen) atoms. The Balaban J connectivity index is 1.86. The van der Waals surface area contributed by atoms with Crippen molar-refractivity contribution in [3.05, 3.63) is 48.5 Å². The van der Waals surface area contributed by atoms with E-state index in [1.165, 1.54) is 0 Å². The molecule has 4 nitrogen and oxygen atoms in total. The summed E-state index contributed by atoms with van der Waals surface area (Å²) in [6.45, 7) is 0.936. The fourth-order valence-corrected chi connectivity index (χ4v) is 1.75. The van der Waals surface area contributed by atoms with E-state index < -0.39 is 0 Å². The summed E-state index contributed by atoms with van der Waals surface area (Å²) in [5.74, 6) is 1.53. The van der Waals surface area contributed by atoms with E-state index in [2.05, 4.69) is 0 Å². The van der Waals surface area contributed by atoms with Gasteiger partial charge >= 0.3 is 0 Å². The third kappa shape index (κ3) is 3.82. The molecule has 2 N–H and O–H groups in total. The highest BCUT2D eigenvalue weighted by Crippen LogP contribution is 2.26. The van der Waals surface area contributed by atoms with E-state index in [1.54, 1.807) is 0 Å². The van der Waals surface area contributed by atoms with Gasteiger partial charge in [-0.25, -0.2) is 0 Å². The van der Waals surface area contributed by atoms with Crippen LogP contribution in [0.1, 0.15) is 0 Å². The highest BCUT2D eigenvalue weighted by molar-refractivity contribution is 5.61. The van der Waals surface area contributed by atoms with E-state index >= 15 is 0 Å². The van der Waals surface area contributed by atoms with Crippen molar-refractivity contribution in [2.45, 2.75) is 0 Å². The minimum absolute atomic E-state index is 0.454. The molecular weight excluding hydrogens is 252 g/mol. The number of nitrogens with zero attached hydrogens (tertiary/aromatic N) is 1. The molecule has 0 unspecified atom stereocenters. The predicted molar refractivity (Wildman–Crippen MR) is 82.6 cm³/mol. The molecule has 0 aromatic heterocycles. The number of hydrogen-bond donors (Lipinski definition) is 1. The van der Waals surface area contributed by atoms with Crippen molar-refractivity contribution in [2.24, 2.45) is 0 Å². The van der Waals surface area contributed by atoms with Crippen LogP contribution in [0.4, 0.5) is 11.4 Å². The molecule has 0 spiro atoms. The number of ether oxygens (including phenoxy) is 2. The van der Waals surface area contributed by atoms with Crippen LogP contribution >= 0.6 is 0 Å². The van der Waals surface area contributed by atoms with Crippen LogP contribution in [0.5, 0.6) is 11.5 Å². The van der Waals surface area contributed by atoms with Crippen LogP contribution in [-0.4, -0.2) is 27.3 Å². The topological polar surface area (TPSA) is 47.7 Å². The van der Waals surface area contributed by atoms with E-state index in [4.69, 9.17) is 15.2 Å². The van der Waals surface area contributed by atoms with Gasteiger partial charge in [0.25, 0.3) is 0 Å². The first-order chi connectivity index (χ1) is 9.66. The molecule has 0 bridgehead atoms. The zero-order valence-corrected chi connectivity index (χ0v) is 11.9. The second kappa shape index (κ2) is 6.70. The van der Waals surface area contributed by atoms with Crippen molar-refractivity contribution in [2.75, 3.05) is 37.9 Å². The molecule has 0 amide bonds. The van der Waals surface area contributed by atoms with Gasteiger partial charge in [-0.3, -0.25) is 0 Å². The SMILES string of the molecule is CN(C)c1ccc(N)c(OCCOc2ccccc2)c1. The third-order valence-electron chi connectivity index (χ3n) is 2.87. The Morgan fingerprint density at radius 1 is 0.950 bits per heavy atom. The molecular formula is C16H20N2O2. The zero-order chi connectivity index (χ0) is 14.4. The van der Waals surface area contributed by atoms with Crippen molar-refractivity contribution in [1.29, 1.82) is 0 Å². The number of para-hydroxylation sites is 1. The maximum Gasteiger partial charge on any atom is 0.144 e. The molecule has 0 aliphatic carbocycles. The summed E-state index contributed by atoms with van der Waals surface area (Å²) in [5, 5.41) is 0. The lowest BCUT2D eigenvalue weighted by atomic mass is 10.2. The van der Waals surface area contributed by atoms with Gasteiger partial charge in [0.1, 0.15) is 24.7 Å². The van der Waals surface area contributed by atoms with E-state index in [1.807, 2.05) is 67.5 Å². The van der Waals surface area contributed by atoms with E-state index in [0.717, 1.165) is 11.4 Å². The molecule has 2 aromatic carbocycles. The van der Waals surface area contributed by atoms with Crippen LogP contribution in [0.25, 0.3) is 0 Å². The summed E-state index contributed by atoms with van der Waals surface area (Å²) in [5.41, 5.74) is 7.59. The Morgan fingerprint density at radius 2 is 1.65 bits per heavy atom. The van der Waals surface area contributed by atoms with Gasteiger partial charge in [-0.1, -0.05) is 18.2 Å². The largest absolute Gasteiger partial charge is 0.490 e. The number of anilines is 2. The Labute approximate surface area is 119 Å². The molecule has 0 atom stereocenters. The minimum atomic E-state index is 0.454. The highest BCUT2D eigenvalue weighted by atomic mass is 16.5. The first-order valence-corrected chi connectivity index (χ1v) is 6.54. The van der Waals surface area contributed by atoms with E-state index in [9.17, 15) is 0 Å². The van der Waals surface area contributed by atoms with Crippen LogP contribution in [0, 0.1) is 0 Å². The second-order valence-corrected chi connectivity index (χ2v) is 4.63. The predicted octanol–water partition coefficient (Wildman–Crippen LogP) is 2.79. The van der Waals surface area contributed by atoms with Gasteiger partial charge < -0.3 is 20.1 Å². The Bertz CT molecular complexity index is 541. The van der Waals surface area contributed by atoms with E-state index in [0.29, 0.717) is 24.7 Å². The lowest BCUT2D eigenvalue weighted by molar-refractivity contribution is 0.218. The average molecular weight is 272 g/mol. The number of benzene rings is 2. The molecule has 0 radical (unpaired) electrons. The van der Waals surface area contributed by atoms with Crippen molar-refractivity contribution < 1.29 is 9.47 Å². The maximum atomic E-state index is 5.90. The smallest absolute Gasteiger partial charge is 0.144 e. The van der Waals surface area contributed by atoms with Gasteiger partial charge in [-0.05, 0) is 24.3 Å². The second-order valence-electron chi connectivity index (χ2n) is 4.63. The van der Waals surface area contributed by atoms with Crippen molar-refractivity contribution in [3.8, 4) is 11.5 Å². The van der Waals surface area contributed by atoms with Crippen LogP contribution in [0.3, 0.4) is 0 Å². The standard InChI is InChI=1S/C16H20N2O2/c1-18(2)13-8-9-15(17)16(12-13)20-11-10-19-14-6-4-3-5-7-14/h3-9,12H,10-11,17H2,1-2H3. The first kappa shape index (κ1) is 14.1. The number of nitrogens with two attached hydrogens (primary N) is 1. The van der Waals surface area contributed by atoms with Gasteiger partial charge in [-0.15, -0.1) is 0 Å². The summed E-state index contributed by atoms with van der Waals surface area (Å²) in [4.78, 5) is 2.01. The summed E-state index contributed by atoms with van der Waals surface area (Å²) in [6, 6.07) is 15.4. The molecule has 106 valence electrons. The molecule has 2 aromatic rings. The van der Waals surface area contributed by atoms with Crippen LogP contribution in [-0.2, 0) is 0 Å². The molecule has 0 heterocycles. The van der Waals surface area contributed by atoms with Crippen molar-refractivity contribution in [3.63, 3.8) is 0 Å². The monoisotopic (exact) mass is 272 g/mol. The first-order valence-electron chi connectivity index (χ1n) is 6.54. The van der Waals surface area contributed by atoms with Crippen LogP contribution in [0.2, 0.25) is 0 Å². The van der Waals surface area contributed by atoms with Gasteiger partial charge in [0, 0.05) is 25.8 Å². The van der Waals surface area contributed by atoms with Gasteiger partial charge in [-0.2, -0.15) is 0 Å². The van der Waals surface area contributed by atoms with Gasteiger partial charge in [0.2, 0.25) is 0 Å². The number of rotatable bonds is 6. The fraction of sp³-hybridized carbons (Fsp3) is 0.250. The van der Waals surface area contributed by atoms with Crippen LogP contribution in [0.15, 0.2) is 48.5 Å². The van der Waals surface area contributed by atoms with Crippen molar-refractivity contribution in [1.82, 2.24) is 0 Å². The Kier molecular flexibility index (Phi) is 4.71. The molecule has 0 saturated heterocycles. The van der Waals surface area contributed by atoms with Crippen LogP contribution < -0.4 is 20.1 Å². The van der Waals surface area contributed by atoms with Crippen molar-refractivity contribution >= 4 is 11.4 Å². The molecule has 0 fully saturated rings. The maximum absolute atomic E-state index is 5.90. The lowest BCUT2D eigenvalue weighted by Crippen LogP contribution is -2.12. The highest BCUT2D eigenvalue weighted by Gasteiger charge is 2.04.